The number of carbonyl (C=O) groups is 1. The molecule has 3 nitrogen and oxygen atoms in total. The van der Waals surface area contributed by atoms with E-state index in [1.54, 1.807) is 6.26 Å². The van der Waals surface area contributed by atoms with Crippen LogP contribution in [-0.2, 0) is 11.2 Å². The third-order valence-electron chi connectivity index (χ3n) is 4.29. The molecule has 1 fully saturated rings. The lowest BCUT2D eigenvalue weighted by atomic mass is 9.98. The molecule has 20 heavy (non-hydrogen) atoms. The lowest BCUT2D eigenvalue weighted by Crippen LogP contribution is -2.38. The number of piperidine rings is 1. The van der Waals surface area contributed by atoms with Crippen molar-refractivity contribution in [2.75, 3.05) is 13.1 Å². The lowest BCUT2D eigenvalue weighted by molar-refractivity contribution is -0.131. The van der Waals surface area contributed by atoms with E-state index in [9.17, 15) is 4.79 Å². The number of aryl methyl sites for hydroxylation is 1. The molecule has 3 heteroatoms. The van der Waals surface area contributed by atoms with Crippen LogP contribution < -0.4 is 0 Å². The number of hydrogen-bond donors (Lipinski definition) is 0. The molecule has 1 amide bonds. The van der Waals surface area contributed by atoms with E-state index < -0.39 is 0 Å². The number of furan rings is 1. The zero-order valence-corrected chi connectivity index (χ0v) is 12.2. The summed E-state index contributed by atoms with van der Waals surface area (Å²) in [5, 5.41) is 1.07. The van der Waals surface area contributed by atoms with Gasteiger partial charge in [0, 0.05) is 24.0 Å². The predicted molar refractivity (Wildman–Crippen MR) is 79.6 cm³/mol. The summed E-state index contributed by atoms with van der Waals surface area (Å²) in [5.74, 6) is 0.970. The number of likely N-dealkylation sites (tertiary alicyclic amines) is 1. The van der Waals surface area contributed by atoms with Gasteiger partial charge in [0.05, 0.1) is 12.7 Å². The average Bonchev–Trinajstić information content (AvgIpc) is 2.82. The molecule has 0 radical (unpaired) electrons. The van der Waals surface area contributed by atoms with Crippen molar-refractivity contribution in [3.05, 3.63) is 35.6 Å². The van der Waals surface area contributed by atoms with Crippen molar-refractivity contribution < 1.29 is 9.21 Å². The molecular weight excluding hydrogens is 250 g/mol. The highest BCUT2D eigenvalue weighted by Gasteiger charge is 2.21. The van der Waals surface area contributed by atoms with Crippen molar-refractivity contribution in [2.45, 2.75) is 33.1 Å². The quantitative estimate of drug-likeness (QED) is 0.837. The predicted octanol–water partition coefficient (Wildman–Crippen LogP) is 3.54. The summed E-state index contributed by atoms with van der Waals surface area (Å²) in [6.45, 7) is 6.11. The van der Waals surface area contributed by atoms with E-state index in [1.165, 1.54) is 5.56 Å². The summed E-state index contributed by atoms with van der Waals surface area (Å²) < 4.78 is 5.54. The number of fused-ring (bicyclic) bond motifs is 1. The average molecular weight is 271 g/mol. The Morgan fingerprint density at radius 2 is 2.10 bits per heavy atom. The van der Waals surface area contributed by atoms with Crippen LogP contribution in [0.1, 0.15) is 30.9 Å². The monoisotopic (exact) mass is 271 g/mol. The number of amides is 1. The van der Waals surface area contributed by atoms with Crippen LogP contribution in [0.2, 0.25) is 0 Å². The molecule has 1 aliphatic heterocycles. The van der Waals surface area contributed by atoms with Gasteiger partial charge in [-0.15, -0.1) is 0 Å². The molecule has 3 rings (SSSR count). The van der Waals surface area contributed by atoms with Gasteiger partial charge in [-0.25, -0.2) is 0 Å². The smallest absolute Gasteiger partial charge is 0.227 e. The Kier molecular flexibility index (Phi) is 3.51. The minimum absolute atomic E-state index is 0.223. The Morgan fingerprint density at radius 1 is 1.35 bits per heavy atom. The summed E-state index contributed by atoms with van der Waals surface area (Å²) in [7, 11) is 0. The number of benzene rings is 1. The van der Waals surface area contributed by atoms with Gasteiger partial charge in [-0.2, -0.15) is 0 Å². The van der Waals surface area contributed by atoms with Crippen molar-refractivity contribution in [2.24, 2.45) is 5.92 Å². The maximum absolute atomic E-state index is 12.4. The Labute approximate surface area is 119 Å². The molecule has 106 valence electrons. The fourth-order valence-corrected chi connectivity index (χ4v) is 2.87. The van der Waals surface area contributed by atoms with Crippen LogP contribution in [0.25, 0.3) is 11.0 Å². The first-order valence-corrected chi connectivity index (χ1v) is 7.38. The highest BCUT2D eigenvalue weighted by atomic mass is 16.3. The van der Waals surface area contributed by atoms with Gasteiger partial charge in [0.15, 0.2) is 0 Å². The van der Waals surface area contributed by atoms with Crippen LogP contribution in [0.15, 0.2) is 28.9 Å². The standard InChI is InChI=1S/C17H21NO2/c1-12-5-7-18(8-6-12)17(19)10-14-11-20-16-4-3-13(2)9-15(14)16/h3-4,9,11-12H,5-8,10H2,1-2H3. The zero-order valence-electron chi connectivity index (χ0n) is 12.2. The maximum atomic E-state index is 12.4. The first kappa shape index (κ1) is 13.2. The van der Waals surface area contributed by atoms with Gasteiger partial charge in [0.2, 0.25) is 5.91 Å². The second-order valence-electron chi connectivity index (χ2n) is 6.00. The molecule has 0 bridgehead atoms. The van der Waals surface area contributed by atoms with Crippen LogP contribution in [0, 0.1) is 12.8 Å². The Bertz CT molecular complexity index is 621. The number of hydrogen-bond acceptors (Lipinski definition) is 2. The zero-order chi connectivity index (χ0) is 14.1. The van der Waals surface area contributed by atoms with Gasteiger partial charge in [-0.1, -0.05) is 18.6 Å². The molecule has 0 unspecified atom stereocenters. The highest BCUT2D eigenvalue weighted by Crippen LogP contribution is 2.24. The summed E-state index contributed by atoms with van der Waals surface area (Å²) in [5.41, 5.74) is 3.07. The van der Waals surface area contributed by atoms with Gasteiger partial charge in [-0.05, 0) is 37.8 Å². The highest BCUT2D eigenvalue weighted by molar-refractivity contribution is 5.88. The van der Waals surface area contributed by atoms with Gasteiger partial charge in [-0.3, -0.25) is 4.79 Å². The molecule has 1 aromatic heterocycles. The Hall–Kier alpha value is -1.77. The van der Waals surface area contributed by atoms with Gasteiger partial charge < -0.3 is 9.32 Å². The summed E-state index contributed by atoms with van der Waals surface area (Å²) in [4.78, 5) is 14.4. The second-order valence-corrected chi connectivity index (χ2v) is 6.00. The maximum Gasteiger partial charge on any atom is 0.227 e. The van der Waals surface area contributed by atoms with E-state index in [0.717, 1.165) is 48.4 Å². The number of rotatable bonds is 2. The minimum Gasteiger partial charge on any atom is -0.464 e. The van der Waals surface area contributed by atoms with Crippen LogP contribution in [0.4, 0.5) is 0 Å². The van der Waals surface area contributed by atoms with Crippen LogP contribution >= 0.6 is 0 Å². The third-order valence-corrected chi connectivity index (χ3v) is 4.29. The molecule has 0 saturated carbocycles. The fourth-order valence-electron chi connectivity index (χ4n) is 2.87. The molecule has 0 N–H and O–H groups in total. The fraction of sp³-hybridized carbons (Fsp3) is 0.471. The lowest BCUT2D eigenvalue weighted by Gasteiger charge is -2.30. The number of nitrogens with zero attached hydrogens (tertiary/aromatic N) is 1. The normalized spacial score (nSPS) is 16.8. The van der Waals surface area contributed by atoms with Gasteiger partial charge in [0.25, 0.3) is 0 Å². The molecule has 0 aliphatic carbocycles. The third kappa shape index (κ3) is 2.58. The largest absolute Gasteiger partial charge is 0.464 e. The molecule has 1 saturated heterocycles. The summed E-state index contributed by atoms with van der Waals surface area (Å²) in [6.07, 6.45) is 4.42. The van der Waals surface area contributed by atoms with Crippen LogP contribution in [0.3, 0.4) is 0 Å². The summed E-state index contributed by atoms with van der Waals surface area (Å²) in [6, 6.07) is 6.10. The second kappa shape index (κ2) is 5.31. The molecule has 0 atom stereocenters. The number of carbonyl (C=O) groups excluding carboxylic acids is 1. The molecule has 1 aromatic carbocycles. The van der Waals surface area contributed by atoms with Crippen molar-refractivity contribution in [1.29, 1.82) is 0 Å². The van der Waals surface area contributed by atoms with E-state index in [1.807, 2.05) is 17.0 Å². The summed E-state index contributed by atoms with van der Waals surface area (Å²) >= 11 is 0. The molecule has 1 aliphatic rings. The molecular formula is C17H21NO2. The first-order chi connectivity index (χ1) is 9.63. The Morgan fingerprint density at radius 3 is 2.85 bits per heavy atom. The SMILES string of the molecule is Cc1ccc2occ(CC(=O)N3CCC(C)CC3)c2c1. The van der Waals surface area contributed by atoms with E-state index in [0.29, 0.717) is 6.42 Å². The van der Waals surface area contributed by atoms with Gasteiger partial charge in [0.1, 0.15) is 5.58 Å². The molecule has 2 heterocycles. The Balaban J connectivity index is 1.76. The van der Waals surface area contributed by atoms with E-state index in [4.69, 9.17) is 4.42 Å². The van der Waals surface area contributed by atoms with Crippen molar-refractivity contribution in [3.8, 4) is 0 Å². The minimum atomic E-state index is 0.223. The molecule has 0 spiro atoms. The van der Waals surface area contributed by atoms with Gasteiger partial charge >= 0.3 is 0 Å². The van der Waals surface area contributed by atoms with E-state index >= 15 is 0 Å². The van der Waals surface area contributed by atoms with E-state index in [2.05, 4.69) is 19.9 Å². The molecule has 2 aromatic rings. The van der Waals surface area contributed by atoms with Crippen molar-refractivity contribution in [1.82, 2.24) is 4.90 Å². The van der Waals surface area contributed by atoms with Crippen molar-refractivity contribution in [3.63, 3.8) is 0 Å². The van der Waals surface area contributed by atoms with Crippen molar-refractivity contribution >= 4 is 16.9 Å². The van der Waals surface area contributed by atoms with Crippen LogP contribution in [-0.4, -0.2) is 23.9 Å². The topological polar surface area (TPSA) is 33.5 Å². The first-order valence-electron chi connectivity index (χ1n) is 7.38. The van der Waals surface area contributed by atoms with Crippen LogP contribution in [0.5, 0.6) is 0 Å². The van der Waals surface area contributed by atoms with E-state index in [-0.39, 0.29) is 5.91 Å².